The van der Waals surface area contributed by atoms with Crippen molar-refractivity contribution in [3.8, 4) is 6.07 Å². The third-order valence-electron chi connectivity index (χ3n) is 3.51. The minimum atomic E-state index is -0.602. The van der Waals surface area contributed by atoms with Crippen molar-refractivity contribution in [3.05, 3.63) is 30.0 Å². The van der Waals surface area contributed by atoms with Gasteiger partial charge in [-0.05, 0) is 11.6 Å². The molecule has 17 heavy (non-hydrogen) atoms. The Kier molecular flexibility index (Phi) is 1.87. The summed E-state index contributed by atoms with van der Waals surface area (Å²) >= 11 is 0. The van der Waals surface area contributed by atoms with E-state index >= 15 is 0 Å². The molecule has 1 aliphatic carbocycles. The van der Waals surface area contributed by atoms with Crippen LogP contribution in [0.3, 0.4) is 0 Å². The van der Waals surface area contributed by atoms with Crippen LogP contribution >= 0.6 is 0 Å². The van der Waals surface area contributed by atoms with Gasteiger partial charge in [-0.2, -0.15) is 10.4 Å². The molecule has 3 rings (SSSR count). The van der Waals surface area contributed by atoms with Crippen LogP contribution in [0, 0.1) is 11.3 Å². The summed E-state index contributed by atoms with van der Waals surface area (Å²) in [5.41, 5.74) is 1.32. The molecule has 1 aromatic carbocycles. The summed E-state index contributed by atoms with van der Waals surface area (Å²) in [6, 6.07) is 8.15. The summed E-state index contributed by atoms with van der Waals surface area (Å²) in [7, 11) is 1.87. The Balaban J connectivity index is 2.15. The van der Waals surface area contributed by atoms with Gasteiger partial charge in [-0.25, -0.2) is 0 Å². The van der Waals surface area contributed by atoms with Crippen molar-refractivity contribution in [3.63, 3.8) is 0 Å². The number of carbonyl (C=O) groups is 1. The molecule has 0 spiro atoms. The average molecular weight is 225 g/mol. The minimum Gasteiger partial charge on any atom is -0.300 e. The smallest absolute Gasteiger partial charge is 0.136 e. The summed E-state index contributed by atoms with van der Waals surface area (Å²) in [6.07, 6.45) is 2.48. The molecule has 1 fully saturated rings. The van der Waals surface area contributed by atoms with Gasteiger partial charge >= 0.3 is 0 Å². The van der Waals surface area contributed by atoms with Gasteiger partial charge in [-0.1, -0.05) is 12.1 Å². The summed E-state index contributed by atoms with van der Waals surface area (Å²) in [6.45, 7) is 0. The van der Waals surface area contributed by atoms with Crippen molar-refractivity contribution >= 4 is 16.7 Å². The highest BCUT2D eigenvalue weighted by molar-refractivity contribution is 5.91. The van der Waals surface area contributed by atoms with Gasteiger partial charge in [0.2, 0.25) is 0 Å². The number of fused-ring (bicyclic) bond motifs is 1. The topological polar surface area (TPSA) is 58.7 Å². The Bertz CT molecular complexity index is 655. The largest absolute Gasteiger partial charge is 0.300 e. The molecule has 0 radical (unpaired) electrons. The van der Waals surface area contributed by atoms with Crippen molar-refractivity contribution in [1.82, 2.24) is 9.78 Å². The Labute approximate surface area is 98.5 Å². The lowest BCUT2D eigenvalue weighted by molar-refractivity contribution is -0.126. The van der Waals surface area contributed by atoms with Gasteiger partial charge in [-0.15, -0.1) is 0 Å². The van der Waals surface area contributed by atoms with Gasteiger partial charge in [0.1, 0.15) is 5.78 Å². The van der Waals surface area contributed by atoms with E-state index in [1.165, 1.54) is 0 Å². The number of ketones is 1. The Morgan fingerprint density at radius 2 is 2.24 bits per heavy atom. The van der Waals surface area contributed by atoms with E-state index < -0.39 is 5.41 Å². The number of carbonyl (C=O) groups excluding carboxylic acids is 1. The molecule has 0 unspecified atom stereocenters. The molecule has 0 amide bonds. The van der Waals surface area contributed by atoms with E-state index in [1.54, 1.807) is 10.9 Å². The van der Waals surface area contributed by atoms with Crippen LogP contribution in [0.1, 0.15) is 18.4 Å². The van der Waals surface area contributed by atoms with Crippen LogP contribution in [0.5, 0.6) is 0 Å². The summed E-state index contributed by atoms with van der Waals surface area (Å²) in [4.78, 5) is 11.2. The maximum absolute atomic E-state index is 11.2. The van der Waals surface area contributed by atoms with Gasteiger partial charge in [0.05, 0.1) is 23.2 Å². The van der Waals surface area contributed by atoms with Crippen LogP contribution in [-0.2, 0) is 17.3 Å². The maximum atomic E-state index is 11.2. The van der Waals surface area contributed by atoms with Gasteiger partial charge in [-0.3, -0.25) is 9.48 Å². The Morgan fingerprint density at radius 3 is 2.88 bits per heavy atom. The van der Waals surface area contributed by atoms with E-state index in [-0.39, 0.29) is 5.78 Å². The molecule has 0 aliphatic heterocycles. The van der Waals surface area contributed by atoms with Gasteiger partial charge < -0.3 is 0 Å². The molecule has 1 aromatic heterocycles. The second-order valence-electron chi connectivity index (χ2n) is 4.63. The molecule has 84 valence electrons. The van der Waals surface area contributed by atoms with E-state index in [9.17, 15) is 10.1 Å². The molecule has 1 heterocycles. The number of nitrogens with zero attached hydrogens (tertiary/aromatic N) is 3. The number of aryl methyl sites for hydroxylation is 1. The Hall–Kier alpha value is -2.15. The first-order valence-electron chi connectivity index (χ1n) is 5.50. The lowest BCUT2D eigenvalue weighted by atomic mass is 9.64. The number of nitriles is 1. The van der Waals surface area contributed by atoms with E-state index in [0.29, 0.717) is 12.8 Å². The highest BCUT2D eigenvalue weighted by atomic mass is 16.1. The maximum Gasteiger partial charge on any atom is 0.136 e. The second-order valence-corrected chi connectivity index (χ2v) is 4.63. The fourth-order valence-corrected chi connectivity index (χ4v) is 2.41. The van der Waals surface area contributed by atoms with Crippen LogP contribution in [0.2, 0.25) is 0 Å². The molecule has 4 heteroatoms. The average Bonchev–Trinajstić information content (AvgIpc) is 2.66. The molecule has 1 aliphatic rings. The summed E-state index contributed by atoms with van der Waals surface area (Å²) in [5, 5.41) is 14.5. The third-order valence-corrected chi connectivity index (χ3v) is 3.51. The molecule has 1 saturated carbocycles. The zero-order valence-electron chi connectivity index (χ0n) is 9.47. The van der Waals surface area contributed by atoms with Gasteiger partial charge in [0, 0.05) is 25.3 Å². The van der Waals surface area contributed by atoms with Crippen LogP contribution in [0.25, 0.3) is 10.9 Å². The molecule has 2 aromatic rings. The molecule has 0 saturated heterocycles. The zero-order chi connectivity index (χ0) is 12.0. The molecular formula is C13H11N3O. The number of benzene rings is 1. The van der Waals surface area contributed by atoms with Gasteiger partial charge in [0.25, 0.3) is 0 Å². The third kappa shape index (κ3) is 1.29. The van der Waals surface area contributed by atoms with Crippen molar-refractivity contribution in [2.75, 3.05) is 0 Å². The number of hydrogen-bond donors (Lipinski definition) is 0. The van der Waals surface area contributed by atoms with Crippen molar-refractivity contribution in [1.29, 1.82) is 5.26 Å². The van der Waals surface area contributed by atoms with Crippen molar-refractivity contribution in [2.24, 2.45) is 7.05 Å². The van der Waals surface area contributed by atoms with Crippen LogP contribution in [0.15, 0.2) is 24.4 Å². The zero-order valence-corrected chi connectivity index (χ0v) is 9.47. The standard InChI is InChI=1S/C13H11N3O/c1-16-12-4-10(3-2-9(12)7-15-16)13(8-14)5-11(17)6-13/h2-4,7H,5-6H2,1H3. The SMILES string of the molecule is Cn1ncc2ccc(C3(C#N)CC(=O)C3)cc21. The van der Waals surface area contributed by atoms with E-state index in [0.717, 1.165) is 16.5 Å². The Morgan fingerprint density at radius 1 is 1.47 bits per heavy atom. The quantitative estimate of drug-likeness (QED) is 0.742. The fraction of sp³-hybridized carbons (Fsp3) is 0.308. The van der Waals surface area contributed by atoms with E-state index in [4.69, 9.17) is 0 Å². The second kappa shape index (κ2) is 3.17. The molecule has 0 bridgehead atoms. The molecule has 4 nitrogen and oxygen atoms in total. The van der Waals surface area contributed by atoms with E-state index in [2.05, 4.69) is 11.2 Å². The first kappa shape index (κ1) is 10.0. The van der Waals surface area contributed by atoms with Crippen LogP contribution in [-0.4, -0.2) is 15.6 Å². The van der Waals surface area contributed by atoms with Gasteiger partial charge in [0.15, 0.2) is 0 Å². The highest BCUT2D eigenvalue weighted by Crippen LogP contribution is 2.41. The van der Waals surface area contributed by atoms with Crippen LogP contribution < -0.4 is 0 Å². The monoisotopic (exact) mass is 225 g/mol. The number of aromatic nitrogens is 2. The van der Waals surface area contributed by atoms with Crippen molar-refractivity contribution < 1.29 is 4.79 Å². The molecule has 0 N–H and O–H groups in total. The van der Waals surface area contributed by atoms with E-state index in [1.807, 2.05) is 25.2 Å². The summed E-state index contributed by atoms with van der Waals surface area (Å²) in [5.74, 6) is 0.164. The lowest BCUT2D eigenvalue weighted by Crippen LogP contribution is -2.40. The normalized spacial score (nSPS) is 17.8. The number of hydrogen-bond acceptors (Lipinski definition) is 3. The summed E-state index contributed by atoms with van der Waals surface area (Å²) < 4.78 is 1.78. The number of rotatable bonds is 1. The fourth-order valence-electron chi connectivity index (χ4n) is 2.41. The lowest BCUT2D eigenvalue weighted by Gasteiger charge is -2.34. The predicted octanol–water partition coefficient (Wildman–Crippen LogP) is 1.70. The molecule has 0 atom stereocenters. The van der Waals surface area contributed by atoms with Crippen LogP contribution in [0.4, 0.5) is 0 Å². The predicted molar refractivity (Wildman–Crippen MR) is 62.2 cm³/mol. The van der Waals surface area contributed by atoms with Crippen molar-refractivity contribution in [2.45, 2.75) is 18.3 Å². The highest BCUT2D eigenvalue weighted by Gasteiger charge is 2.45. The first-order chi connectivity index (χ1) is 8.14. The minimum absolute atomic E-state index is 0.164. The molecular weight excluding hydrogens is 214 g/mol. The number of Topliss-reactive ketones (excluding diaryl/α,β-unsaturated/α-hetero) is 1. The first-order valence-corrected chi connectivity index (χ1v) is 5.50.